The van der Waals surface area contributed by atoms with Gasteiger partial charge in [0.25, 0.3) is 0 Å². The second kappa shape index (κ2) is 6.01. The Morgan fingerprint density at radius 3 is 2.70 bits per heavy atom. The van der Waals surface area contributed by atoms with Crippen LogP contribution in [0.5, 0.6) is 0 Å². The number of hydrogen-bond acceptors (Lipinski definition) is 4. The summed E-state index contributed by atoms with van der Waals surface area (Å²) in [7, 11) is -3.53. The zero-order chi connectivity index (χ0) is 14.9. The number of thiophene rings is 1. The first kappa shape index (κ1) is 15.8. The molecule has 0 bridgehead atoms. The highest BCUT2D eigenvalue weighted by atomic mass is 35.5. The SMILES string of the molecule is CC(C)N1CC(CNS(=O)(=O)c2ccc(Cl)s2)CC1=O. The first-order valence-corrected chi connectivity index (χ1v) is 9.02. The summed E-state index contributed by atoms with van der Waals surface area (Å²) < 4.78 is 27.3. The van der Waals surface area contributed by atoms with E-state index in [0.29, 0.717) is 17.3 Å². The molecule has 1 saturated heterocycles. The predicted molar refractivity (Wildman–Crippen MR) is 79.5 cm³/mol. The van der Waals surface area contributed by atoms with Crippen molar-refractivity contribution >= 4 is 38.9 Å². The molecule has 1 unspecified atom stereocenters. The molecule has 0 aliphatic carbocycles. The first-order valence-electron chi connectivity index (χ1n) is 6.34. The molecule has 2 rings (SSSR count). The number of nitrogens with zero attached hydrogens (tertiary/aromatic N) is 1. The molecule has 1 aliphatic rings. The van der Waals surface area contributed by atoms with E-state index in [2.05, 4.69) is 4.72 Å². The number of rotatable bonds is 5. The van der Waals surface area contributed by atoms with Crippen LogP contribution in [0.2, 0.25) is 4.34 Å². The van der Waals surface area contributed by atoms with Crippen LogP contribution < -0.4 is 4.72 Å². The van der Waals surface area contributed by atoms with Crippen molar-refractivity contribution in [3.63, 3.8) is 0 Å². The summed E-state index contributed by atoms with van der Waals surface area (Å²) in [5.41, 5.74) is 0. The van der Waals surface area contributed by atoms with Gasteiger partial charge in [0.1, 0.15) is 4.21 Å². The number of halogens is 1. The molecule has 20 heavy (non-hydrogen) atoms. The van der Waals surface area contributed by atoms with Crippen LogP contribution in [-0.4, -0.2) is 38.4 Å². The van der Waals surface area contributed by atoms with Crippen molar-refractivity contribution in [2.45, 2.75) is 30.5 Å². The summed E-state index contributed by atoms with van der Waals surface area (Å²) in [6, 6.07) is 3.19. The van der Waals surface area contributed by atoms with E-state index in [4.69, 9.17) is 11.6 Å². The molecule has 1 N–H and O–H groups in total. The molecule has 0 aromatic carbocycles. The number of likely N-dealkylation sites (tertiary alicyclic amines) is 1. The topological polar surface area (TPSA) is 66.5 Å². The smallest absolute Gasteiger partial charge is 0.250 e. The van der Waals surface area contributed by atoms with Gasteiger partial charge >= 0.3 is 0 Å². The normalized spacial score (nSPS) is 20.1. The van der Waals surface area contributed by atoms with Gasteiger partial charge in [0.2, 0.25) is 15.9 Å². The molecule has 1 aromatic heterocycles. The van der Waals surface area contributed by atoms with Crippen LogP contribution in [0.1, 0.15) is 20.3 Å². The van der Waals surface area contributed by atoms with Gasteiger partial charge in [-0.2, -0.15) is 0 Å². The van der Waals surface area contributed by atoms with Gasteiger partial charge in [0.15, 0.2) is 0 Å². The van der Waals surface area contributed by atoms with Crippen molar-refractivity contribution < 1.29 is 13.2 Å². The molecule has 1 aliphatic heterocycles. The van der Waals surface area contributed by atoms with Gasteiger partial charge in [0, 0.05) is 25.6 Å². The van der Waals surface area contributed by atoms with Gasteiger partial charge in [0.05, 0.1) is 4.34 Å². The van der Waals surface area contributed by atoms with E-state index in [1.54, 1.807) is 11.0 Å². The number of amides is 1. The minimum atomic E-state index is -3.53. The van der Waals surface area contributed by atoms with Gasteiger partial charge in [-0.05, 0) is 31.9 Å². The van der Waals surface area contributed by atoms with Gasteiger partial charge in [-0.1, -0.05) is 11.6 Å². The average molecular weight is 337 g/mol. The fourth-order valence-corrected chi connectivity index (χ4v) is 4.83. The van der Waals surface area contributed by atoms with E-state index in [-0.39, 0.29) is 28.6 Å². The molecule has 1 fully saturated rings. The Hall–Kier alpha value is -0.630. The molecule has 1 aromatic rings. The van der Waals surface area contributed by atoms with E-state index in [1.807, 2.05) is 13.8 Å². The molecule has 1 amide bonds. The van der Waals surface area contributed by atoms with Crippen LogP contribution >= 0.6 is 22.9 Å². The molecule has 5 nitrogen and oxygen atoms in total. The lowest BCUT2D eigenvalue weighted by Crippen LogP contribution is -2.34. The Morgan fingerprint density at radius 1 is 1.50 bits per heavy atom. The number of carbonyl (C=O) groups excluding carboxylic acids is 1. The minimum absolute atomic E-state index is 0.0232. The maximum absolute atomic E-state index is 12.0. The van der Waals surface area contributed by atoms with E-state index in [1.165, 1.54) is 6.07 Å². The maximum Gasteiger partial charge on any atom is 0.250 e. The Kier molecular flexibility index (Phi) is 4.73. The van der Waals surface area contributed by atoms with Crippen LogP contribution in [-0.2, 0) is 14.8 Å². The lowest BCUT2D eigenvalue weighted by molar-refractivity contribution is -0.129. The van der Waals surface area contributed by atoms with Crippen molar-refractivity contribution in [3.8, 4) is 0 Å². The third kappa shape index (κ3) is 3.52. The first-order chi connectivity index (χ1) is 9.29. The fraction of sp³-hybridized carbons (Fsp3) is 0.583. The summed E-state index contributed by atoms with van der Waals surface area (Å²) >= 11 is 6.76. The van der Waals surface area contributed by atoms with E-state index < -0.39 is 10.0 Å². The third-order valence-electron chi connectivity index (χ3n) is 3.24. The van der Waals surface area contributed by atoms with Crippen molar-refractivity contribution in [3.05, 3.63) is 16.5 Å². The second-order valence-electron chi connectivity index (χ2n) is 5.12. The summed E-state index contributed by atoms with van der Waals surface area (Å²) in [6.07, 6.45) is 0.395. The number of sulfonamides is 1. The lowest BCUT2D eigenvalue weighted by Gasteiger charge is -2.20. The molecule has 2 heterocycles. The Labute approximate surface area is 128 Å². The third-order valence-corrected chi connectivity index (χ3v) is 6.38. The highest BCUT2D eigenvalue weighted by molar-refractivity contribution is 7.91. The van der Waals surface area contributed by atoms with Gasteiger partial charge in [-0.3, -0.25) is 4.79 Å². The quantitative estimate of drug-likeness (QED) is 0.893. The fourth-order valence-electron chi connectivity index (χ4n) is 2.19. The molecule has 112 valence electrons. The summed E-state index contributed by atoms with van der Waals surface area (Å²) in [5, 5.41) is 0. The summed E-state index contributed by atoms with van der Waals surface area (Å²) in [5.74, 6) is 0.110. The highest BCUT2D eigenvalue weighted by Crippen LogP contribution is 2.26. The lowest BCUT2D eigenvalue weighted by atomic mass is 10.1. The van der Waals surface area contributed by atoms with E-state index in [0.717, 1.165) is 11.3 Å². The van der Waals surface area contributed by atoms with Crippen LogP contribution in [0.3, 0.4) is 0 Å². The largest absolute Gasteiger partial charge is 0.340 e. The zero-order valence-electron chi connectivity index (χ0n) is 11.3. The Morgan fingerprint density at radius 2 is 2.20 bits per heavy atom. The standard InChI is InChI=1S/C12H17ClN2O3S2/c1-8(2)15-7-9(5-11(15)16)6-14-20(17,18)12-4-3-10(13)19-12/h3-4,8-9,14H,5-7H2,1-2H3. The van der Waals surface area contributed by atoms with Crippen LogP contribution in [0.25, 0.3) is 0 Å². The van der Waals surface area contributed by atoms with Crippen LogP contribution in [0.15, 0.2) is 16.3 Å². The zero-order valence-corrected chi connectivity index (χ0v) is 13.7. The molecular formula is C12H17ClN2O3S2. The van der Waals surface area contributed by atoms with Crippen LogP contribution in [0.4, 0.5) is 0 Å². The van der Waals surface area contributed by atoms with E-state index >= 15 is 0 Å². The summed E-state index contributed by atoms with van der Waals surface area (Å²) in [4.78, 5) is 13.5. The molecule has 0 radical (unpaired) electrons. The number of hydrogen-bond donors (Lipinski definition) is 1. The van der Waals surface area contributed by atoms with Crippen molar-refractivity contribution in [1.29, 1.82) is 0 Å². The Bertz CT molecular complexity index is 598. The molecule has 1 atom stereocenters. The van der Waals surface area contributed by atoms with Gasteiger partial charge in [-0.15, -0.1) is 11.3 Å². The Balaban J connectivity index is 1.95. The summed E-state index contributed by atoms with van der Waals surface area (Å²) in [6.45, 7) is 4.78. The van der Waals surface area contributed by atoms with Crippen LogP contribution in [0, 0.1) is 5.92 Å². The van der Waals surface area contributed by atoms with Crippen molar-refractivity contribution in [2.24, 2.45) is 5.92 Å². The molecule has 8 heteroatoms. The highest BCUT2D eigenvalue weighted by Gasteiger charge is 2.32. The maximum atomic E-state index is 12.0. The molecule has 0 spiro atoms. The number of carbonyl (C=O) groups is 1. The van der Waals surface area contributed by atoms with E-state index in [9.17, 15) is 13.2 Å². The predicted octanol–water partition coefficient (Wildman–Crippen LogP) is 1.94. The molecular weight excluding hydrogens is 320 g/mol. The average Bonchev–Trinajstić information content (AvgIpc) is 2.93. The molecule has 0 saturated carbocycles. The van der Waals surface area contributed by atoms with Gasteiger partial charge < -0.3 is 4.90 Å². The van der Waals surface area contributed by atoms with Crippen molar-refractivity contribution in [1.82, 2.24) is 9.62 Å². The second-order valence-corrected chi connectivity index (χ2v) is 8.83. The minimum Gasteiger partial charge on any atom is -0.340 e. The monoisotopic (exact) mass is 336 g/mol. The van der Waals surface area contributed by atoms with Crippen molar-refractivity contribution in [2.75, 3.05) is 13.1 Å². The van der Waals surface area contributed by atoms with Gasteiger partial charge in [-0.25, -0.2) is 13.1 Å². The number of nitrogens with one attached hydrogen (secondary N) is 1.